The van der Waals surface area contributed by atoms with Crippen LogP contribution in [0.15, 0.2) is 29.1 Å². The maximum absolute atomic E-state index is 10.8. The molecule has 5 nitrogen and oxygen atoms in total. The maximum Gasteiger partial charge on any atom is 0.326 e. The molecule has 3 N–H and O–H groups in total. The number of nitrogens with two attached hydrogens (primary N) is 1. The molecular weight excluding hydrogens is 262 g/mol. The highest BCUT2D eigenvalue weighted by molar-refractivity contribution is 9.10. The molecule has 0 saturated carbocycles. The molecule has 2 rings (SSSR count). The monoisotopic (exact) mass is 269 g/mol. The summed E-state index contributed by atoms with van der Waals surface area (Å²) >= 11 is 3.27. The van der Waals surface area contributed by atoms with Gasteiger partial charge in [0.2, 0.25) is 0 Å². The fourth-order valence-corrected chi connectivity index (χ4v) is 1.80. The molecule has 78 valence electrons. The standard InChI is InChI=1S/C9H8BrN3O2/c10-8-6-3-1-2-5(7(11)9(14)15)13(6)4-12-8/h1-4,7H,11H2,(H,14,15). The Balaban J connectivity index is 2.66. The van der Waals surface area contributed by atoms with Gasteiger partial charge in [-0.1, -0.05) is 6.07 Å². The van der Waals surface area contributed by atoms with Crippen molar-refractivity contribution in [3.8, 4) is 0 Å². The Kier molecular flexibility index (Phi) is 2.45. The molecule has 0 amide bonds. The second kappa shape index (κ2) is 3.63. The first-order valence-electron chi connectivity index (χ1n) is 4.21. The van der Waals surface area contributed by atoms with Crippen molar-refractivity contribution < 1.29 is 9.90 Å². The van der Waals surface area contributed by atoms with Gasteiger partial charge in [0.25, 0.3) is 0 Å². The summed E-state index contributed by atoms with van der Waals surface area (Å²) in [5, 5.41) is 8.83. The van der Waals surface area contributed by atoms with Gasteiger partial charge < -0.3 is 10.8 Å². The zero-order valence-corrected chi connectivity index (χ0v) is 9.18. The van der Waals surface area contributed by atoms with Crippen molar-refractivity contribution in [3.05, 3.63) is 34.8 Å². The van der Waals surface area contributed by atoms with E-state index in [1.165, 1.54) is 6.33 Å². The largest absolute Gasteiger partial charge is 0.480 e. The summed E-state index contributed by atoms with van der Waals surface area (Å²) < 4.78 is 2.32. The van der Waals surface area contributed by atoms with Crippen molar-refractivity contribution in [2.45, 2.75) is 6.04 Å². The third-order valence-electron chi connectivity index (χ3n) is 2.14. The van der Waals surface area contributed by atoms with E-state index in [0.717, 1.165) is 5.52 Å². The fourth-order valence-electron chi connectivity index (χ4n) is 1.39. The molecule has 0 bridgehead atoms. The summed E-state index contributed by atoms with van der Waals surface area (Å²) in [5.74, 6) is -1.06. The Morgan fingerprint density at radius 3 is 3.00 bits per heavy atom. The molecule has 0 fully saturated rings. The number of carboxylic acids is 1. The molecule has 0 aromatic carbocycles. The van der Waals surface area contributed by atoms with Gasteiger partial charge in [-0.3, -0.25) is 9.20 Å². The molecule has 2 aromatic heterocycles. The Bertz CT molecular complexity index is 523. The van der Waals surface area contributed by atoms with Crippen molar-refractivity contribution in [3.63, 3.8) is 0 Å². The van der Waals surface area contributed by atoms with Crippen molar-refractivity contribution in [1.82, 2.24) is 9.38 Å². The number of rotatable bonds is 2. The number of carbonyl (C=O) groups is 1. The topological polar surface area (TPSA) is 80.6 Å². The van der Waals surface area contributed by atoms with E-state index in [4.69, 9.17) is 10.8 Å². The fraction of sp³-hybridized carbons (Fsp3) is 0.111. The van der Waals surface area contributed by atoms with Crippen molar-refractivity contribution >= 4 is 27.4 Å². The van der Waals surface area contributed by atoms with Crippen LogP contribution in [0.4, 0.5) is 0 Å². The molecule has 6 heteroatoms. The highest BCUT2D eigenvalue weighted by Gasteiger charge is 2.17. The van der Waals surface area contributed by atoms with Gasteiger partial charge in [-0.05, 0) is 28.1 Å². The van der Waals surface area contributed by atoms with Gasteiger partial charge in [0.1, 0.15) is 17.0 Å². The van der Waals surface area contributed by atoms with Crippen LogP contribution in [0.25, 0.3) is 5.52 Å². The number of hydrogen-bond acceptors (Lipinski definition) is 3. The lowest BCUT2D eigenvalue weighted by atomic mass is 10.2. The summed E-state index contributed by atoms with van der Waals surface area (Å²) in [5.41, 5.74) is 6.84. The molecule has 2 heterocycles. The van der Waals surface area contributed by atoms with Crippen molar-refractivity contribution in [1.29, 1.82) is 0 Å². The molecule has 0 spiro atoms. The van der Waals surface area contributed by atoms with Crippen LogP contribution in [0.3, 0.4) is 0 Å². The van der Waals surface area contributed by atoms with E-state index in [9.17, 15) is 4.79 Å². The van der Waals surface area contributed by atoms with Crippen molar-refractivity contribution in [2.24, 2.45) is 5.73 Å². The van der Waals surface area contributed by atoms with Gasteiger partial charge in [-0.15, -0.1) is 0 Å². The number of halogens is 1. The van der Waals surface area contributed by atoms with E-state index in [1.54, 1.807) is 16.5 Å². The predicted molar refractivity (Wildman–Crippen MR) is 57.5 cm³/mol. The van der Waals surface area contributed by atoms with E-state index < -0.39 is 12.0 Å². The van der Waals surface area contributed by atoms with E-state index >= 15 is 0 Å². The van der Waals surface area contributed by atoms with Crippen LogP contribution in [0.1, 0.15) is 11.7 Å². The number of hydrogen-bond donors (Lipinski definition) is 2. The van der Waals surface area contributed by atoms with Crippen LogP contribution >= 0.6 is 15.9 Å². The van der Waals surface area contributed by atoms with Gasteiger partial charge in [0, 0.05) is 0 Å². The number of imidazole rings is 1. The summed E-state index contributed by atoms with van der Waals surface area (Å²) in [6.45, 7) is 0. The number of fused-ring (bicyclic) bond motifs is 1. The number of nitrogens with zero attached hydrogens (tertiary/aromatic N) is 2. The molecule has 15 heavy (non-hydrogen) atoms. The zero-order valence-electron chi connectivity index (χ0n) is 7.59. The molecule has 0 aliphatic carbocycles. The molecule has 0 radical (unpaired) electrons. The quantitative estimate of drug-likeness (QED) is 0.858. The van der Waals surface area contributed by atoms with Crippen LogP contribution in [0.5, 0.6) is 0 Å². The van der Waals surface area contributed by atoms with E-state index in [2.05, 4.69) is 20.9 Å². The van der Waals surface area contributed by atoms with Gasteiger partial charge in [-0.25, -0.2) is 4.98 Å². The van der Waals surface area contributed by atoms with Gasteiger partial charge in [0.05, 0.1) is 11.2 Å². The smallest absolute Gasteiger partial charge is 0.326 e. The minimum absolute atomic E-state index is 0.498. The lowest BCUT2D eigenvalue weighted by Crippen LogP contribution is -2.22. The highest BCUT2D eigenvalue weighted by atomic mass is 79.9. The molecule has 0 saturated heterocycles. The third-order valence-corrected chi connectivity index (χ3v) is 2.75. The first-order chi connectivity index (χ1) is 7.11. The van der Waals surface area contributed by atoms with E-state index in [1.807, 2.05) is 6.07 Å². The zero-order chi connectivity index (χ0) is 11.0. The summed E-state index contributed by atoms with van der Waals surface area (Å²) in [4.78, 5) is 14.8. The van der Waals surface area contributed by atoms with Crippen LogP contribution in [-0.4, -0.2) is 20.5 Å². The van der Waals surface area contributed by atoms with Gasteiger partial charge in [-0.2, -0.15) is 0 Å². The summed E-state index contributed by atoms with van der Waals surface area (Å²) in [6.07, 6.45) is 1.54. The molecular formula is C9H8BrN3O2. The number of carboxylic acid groups (broad SMARTS) is 1. The Morgan fingerprint density at radius 2 is 2.33 bits per heavy atom. The van der Waals surface area contributed by atoms with Crippen LogP contribution in [-0.2, 0) is 4.79 Å². The third kappa shape index (κ3) is 1.62. The second-order valence-electron chi connectivity index (χ2n) is 3.06. The highest BCUT2D eigenvalue weighted by Crippen LogP contribution is 2.20. The lowest BCUT2D eigenvalue weighted by molar-refractivity contribution is -0.138. The SMILES string of the molecule is NC(C(=O)O)c1cccc2c(Br)ncn12. The molecule has 1 unspecified atom stereocenters. The van der Waals surface area contributed by atoms with Crippen LogP contribution in [0, 0.1) is 0 Å². The van der Waals surface area contributed by atoms with Crippen LogP contribution in [0.2, 0.25) is 0 Å². The van der Waals surface area contributed by atoms with Gasteiger partial charge in [0.15, 0.2) is 0 Å². The number of aromatic nitrogens is 2. The minimum Gasteiger partial charge on any atom is -0.480 e. The van der Waals surface area contributed by atoms with E-state index in [-0.39, 0.29) is 0 Å². The molecule has 0 aliphatic heterocycles. The molecule has 0 aliphatic rings. The average molecular weight is 270 g/mol. The maximum atomic E-state index is 10.8. The van der Waals surface area contributed by atoms with Gasteiger partial charge >= 0.3 is 5.97 Å². The Morgan fingerprint density at radius 1 is 1.60 bits per heavy atom. The second-order valence-corrected chi connectivity index (χ2v) is 3.81. The molecule has 1 atom stereocenters. The number of aliphatic carboxylic acids is 1. The van der Waals surface area contributed by atoms with Crippen LogP contribution < -0.4 is 5.73 Å². The minimum atomic E-state index is -1.06. The first kappa shape index (κ1) is 10.1. The lowest BCUT2D eigenvalue weighted by Gasteiger charge is -2.09. The van der Waals surface area contributed by atoms with Crippen molar-refractivity contribution in [2.75, 3.05) is 0 Å². The summed E-state index contributed by atoms with van der Waals surface area (Å²) in [6, 6.07) is 4.20. The predicted octanol–water partition coefficient (Wildman–Crippen LogP) is 1.18. The average Bonchev–Trinajstić information content (AvgIpc) is 2.59. The molecule has 2 aromatic rings. The first-order valence-corrected chi connectivity index (χ1v) is 5.00. The number of pyridine rings is 1. The normalized spacial score (nSPS) is 12.9. The summed E-state index contributed by atoms with van der Waals surface area (Å²) in [7, 11) is 0. The Labute approximate surface area is 93.7 Å². The Hall–Kier alpha value is -1.40. The van der Waals surface area contributed by atoms with E-state index in [0.29, 0.717) is 10.3 Å².